The fraction of sp³-hybridized carbons (Fsp3) is 0.383. The molecule has 2 saturated carbocycles. The number of allylic oxidation sites excluding steroid dienone is 1. The van der Waals surface area contributed by atoms with Gasteiger partial charge in [-0.05, 0) is 85.2 Å². The summed E-state index contributed by atoms with van der Waals surface area (Å²) in [6.07, 6.45) is 3.91. The molecule has 8 rings (SSSR count). The van der Waals surface area contributed by atoms with Crippen LogP contribution in [0.1, 0.15) is 57.9 Å². The summed E-state index contributed by atoms with van der Waals surface area (Å²) >= 11 is 7.88. The van der Waals surface area contributed by atoms with Crippen LogP contribution in [0.5, 0.6) is 23.1 Å². The molecule has 2 aromatic heterocycles. The third kappa shape index (κ3) is 9.09. The number of likely N-dealkylation sites (tertiary alicyclic amines) is 1. The zero-order valence-electron chi connectivity index (χ0n) is 35.0. The summed E-state index contributed by atoms with van der Waals surface area (Å²) in [4.78, 5) is 54.5. The summed E-state index contributed by atoms with van der Waals surface area (Å²) in [6.45, 7) is 9.91. The van der Waals surface area contributed by atoms with Crippen molar-refractivity contribution in [3.63, 3.8) is 0 Å². The second kappa shape index (κ2) is 17.1. The molecule has 0 unspecified atom stereocenters. The molecule has 3 fully saturated rings. The summed E-state index contributed by atoms with van der Waals surface area (Å²) < 4.78 is 46.0. The largest absolute Gasteiger partial charge is 0.494 e. The van der Waals surface area contributed by atoms with Crippen LogP contribution in [0.2, 0.25) is 5.02 Å². The molecule has 5 atom stereocenters. The van der Waals surface area contributed by atoms with E-state index in [9.17, 15) is 18.0 Å². The number of hydrogen-bond acceptors (Lipinski definition) is 11. The molecular weight excluding hydrogens is 848 g/mol. The third-order valence-electron chi connectivity index (χ3n) is 12.2. The van der Waals surface area contributed by atoms with Gasteiger partial charge in [0.1, 0.15) is 23.4 Å². The van der Waals surface area contributed by atoms with Gasteiger partial charge in [0.25, 0.3) is 0 Å². The Bertz CT molecular complexity index is 2630. The first-order chi connectivity index (χ1) is 29.6. The molecule has 0 spiro atoms. The van der Waals surface area contributed by atoms with E-state index in [1.165, 1.54) is 11.3 Å². The SMILES string of the molecule is C=C[C@@H]1C[C@]1(CC(=O)[C@@H]1C[C@@H](Oc2ncc(OC)c3ccc(Cl)cc23)CN1C(=O)[C@@H](Cc1nc(-c2ccc(Oc3ccccc3)cc2)cs1)C(C)(C)C)C(=O)NS(=O)(=O)C1CC1. The number of methoxy groups -OCH3 is 1. The normalized spacial score (nSPS) is 21.6. The van der Waals surface area contributed by atoms with Gasteiger partial charge in [-0.15, -0.1) is 17.9 Å². The minimum absolute atomic E-state index is 0.0677. The number of rotatable bonds is 16. The van der Waals surface area contributed by atoms with Crippen LogP contribution < -0.4 is 18.9 Å². The zero-order valence-corrected chi connectivity index (χ0v) is 37.4. The third-order valence-corrected chi connectivity index (χ3v) is 15.1. The number of halogens is 1. The van der Waals surface area contributed by atoms with Gasteiger partial charge in [-0.3, -0.25) is 19.1 Å². The lowest BCUT2D eigenvalue weighted by atomic mass is 9.77. The van der Waals surface area contributed by atoms with E-state index in [4.69, 9.17) is 30.8 Å². The Morgan fingerprint density at radius 3 is 2.44 bits per heavy atom. The topological polar surface area (TPSA) is 154 Å². The highest BCUT2D eigenvalue weighted by atomic mass is 35.5. The van der Waals surface area contributed by atoms with Crippen LogP contribution >= 0.6 is 22.9 Å². The minimum atomic E-state index is -3.86. The number of nitrogens with one attached hydrogen (secondary N) is 1. The lowest BCUT2D eigenvalue weighted by Crippen LogP contribution is -2.48. The quantitative estimate of drug-likeness (QED) is 0.0951. The van der Waals surface area contributed by atoms with E-state index < -0.39 is 56.0 Å². The maximum Gasteiger partial charge on any atom is 0.240 e. The van der Waals surface area contributed by atoms with Crippen molar-refractivity contribution >= 4 is 61.3 Å². The number of Topliss-reactive ketones (excluding diaryl/α,β-unsaturated/α-hetero) is 1. The number of thiazole rings is 1. The van der Waals surface area contributed by atoms with Crippen LogP contribution in [0.4, 0.5) is 0 Å². The monoisotopic (exact) mass is 896 g/mol. The Hall–Kier alpha value is -5.31. The smallest absolute Gasteiger partial charge is 0.240 e. The van der Waals surface area contributed by atoms with Gasteiger partial charge in [0.15, 0.2) is 5.78 Å². The molecule has 324 valence electrons. The van der Waals surface area contributed by atoms with Crippen LogP contribution in [-0.4, -0.2) is 71.9 Å². The number of amides is 2. The van der Waals surface area contributed by atoms with Crippen molar-refractivity contribution in [2.45, 2.75) is 76.7 Å². The van der Waals surface area contributed by atoms with E-state index in [1.807, 2.05) is 86.8 Å². The maximum atomic E-state index is 15.1. The summed E-state index contributed by atoms with van der Waals surface area (Å²) in [5.74, 6) is -0.0692. The van der Waals surface area contributed by atoms with Gasteiger partial charge >= 0.3 is 0 Å². The molecule has 1 aliphatic heterocycles. The van der Waals surface area contributed by atoms with Crippen molar-refractivity contribution in [2.24, 2.45) is 22.7 Å². The van der Waals surface area contributed by atoms with Crippen LogP contribution in [-0.2, 0) is 30.8 Å². The predicted molar refractivity (Wildman–Crippen MR) is 239 cm³/mol. The molecule has 2 amide bonds. The molecule has 3 heterocycles. The maximum absolute atomic E-state index is 15.1. The van der Waals surface area contributed by atoms with Crippen molar-refractivity contribution in [1.82, 2.24) is 19.6 Å². The van der Waals surface area contributed by atoms with Gasteiger partial charge in [-0.25, -0.2) is 18.4 Å². The van der Waals surface area contributed by atoms with Gasteiger partial charge in [0, 0.05) is 51.9 Å². The second-order valence-electron chi connectivity index (χ2n) is 17.5. The van der Waals surface area contributed by atoms with Gasteiger partial charge in [0.2, 0.25) is 27.7 Å². The Morgan fingerprint density at radius 2 is 1.77 bits per heavy atom. The van der Waals surface area contributed by atoms with Crippen LogP contribution in [0.15, 0.2) is 97.0 Å². The van der Waals surface area contributed by atoms with Crippen molar-refractivity contribution in [1.29, 1.82) is 0 Å². The number of fused-ring (bicyclic) bond motifs is 1. The lowest BCUT2D eigenvalue weighted by Gasteiger charge is -2.35. The summed E-state index contributed by atoms with van der Waals surface area (Å²) in [7, 11) is -2.32. The molecule has 0 bridgehead atoms. The number of nitrogens with zero attached hydrogens (tertiary/aromatic N) is 3. The predicted octanol–water partition coefficient (Wildman–Crippen LogP) is 8.83. The lowest BCUT2D eigenvalue weighted by molar-refractivity contribution is -0.144. The van der Waals surface area contributed by atoms with E-state index in [2.05, 4.69) is 16.3 Å². The first-order valence-electron chi connectivity index (χ1n) is 20.7. The molecular formula is C47H49ClN4O8S2. The summed E-state index contributed by atoms with van der Waals surface area (Å²) in [5.41, 5.74) is -0.171. The second-order valence-corrected chi connectivity index (χ2v) is 20.9. The number of ketones is 1. The Morgan fingerprint density at radius 1 is 1.05 bits per heavy atom. The molecule has 3 aromatic carbocycles. The number of hydrogen-bond donors (Lipinski definition) is 1. The summed E-state index contributed by atoms with van der Waals surface area (Å²) in [5, 5.41) is 3.92. The van der Waals surface area contributed by atoms with E-state index in [0.29, 0.717) is 41.2 Å². The molecule has 62 heavy (non-hydrogen) atoms. The number of pyridine rings is 1. The zero-order chi connectivity index (χ0) is 44.0. The standard InChI is InChI=1S/C47H49ClN4O8S2/c1-6-29-23-47(29,45(55)51-62(56,57)34-17-18-34)24-40(53)39-21-33(60-43-36-20-30(48)14-19-35(36)41(58-5)25-49-43)26-52(39)44(54)37(46(2,3)4)22-42-50-38(27-61-42)28-12-15-32(16-13-28)59-31-10-8-7-9-11-31/h6-16,19-20,25,27,29,33-34,37,39H,1,17-18,21-24,26H2,2-5H3,(H,51,55)/t29-,33-,37-,39+,47-/m1/s1. The van der Waals surface area contributed by atoms with Crippen LogP contribution in [0.25, 0.3) is 22.0 Å². The average Bonchev–Trinajstić information content (AvgIpc) is 4.14. The highest BCUT2D eigenvalue weighted by molar-refractivity contribution is 7.90. The van der Waals surface area contributed by atoms with E-state index in [0.717, 1.165) is 27.4 Å². The molecule has 1 N–H and O–H groups in total. The number of ether oxygens (including phenoxy) is 3. The molecule has 12 nitrogen and oxygen atoms in total. The first-order valence-corrected chi connectivity index (χ1v) is 23.5. The molecule has 15 heteroatoms. The number of para-hydroxylation sites is 1. The number of sulfonamides is 1. The van der Waals surface area contributed by atoms with Crippen molar-refractivity contribution in [3.8, 4) is 34.4 Å². The minimum Gasteiger partial charge on any atom is -0.494 e. The first kappa shape index (κ1) is 43.3. The summed E-state index contributed by atoms with van der Waals surface area (Å²) in [6, 6.07) is 21.5. The Balaban J connectivity index is 1.06. The highest BCUT2D eigenvalue weighted by Gasteiger charge is 2.61. The molecule has 0 radical (unpaired) electrons. The number of benzene rings is 3. The number of carbonyl (C=O) groups excluding carboxylic acids is 3. The van der Waals surface area contributed by atoms with E-state index >= 15 is 4.79 Å². The van der Waals surface area contributed by atoms with Crippen molar-refractivity contribution < 1.29 is 37.0 Å². The van der Waals surface area contributed by atoms with Gasteiger partial charge in [0.05, 0.1) is 47.3 Å². The average molecular weight is 898 g/mol. The van der Waals surface area contributed by atoms with Crippen LogP contribution in [0.3, 0.4) is 0 Å². The van der Waals surface area contributed by atoms with Crippen LogP contribution in [0, 0.1) is 22.7 Å². The van der Waals surface area contributed by atoms with Gasteiger partial charge in [-0.2, -0.15) is 0 Å². The van der Waals surface area contributed by atoms with E-state index in [-0.39, 0.29) is 43.4 Å². The fourth-order valence-electron chi connectivity index (χ4n) is 8.31. The fourth-order valence-corrected chi connectivity index (χ4v) is 10.7. The number of carbonyl (C=O) groups is 3. The van der Waals surface area contributed by atoms with E-state index in [1.54, 1.807) is 36.4 Å². The molecule has 1 saturated heterocycles. The highest BCUT2D eigenvalue weighted by Crippen LogP contribution is 2.57. The molecule has 2 aliphatic carbocycles. The Labute approximate surface area is 370 Å². The van der Waals surface area contributed by atoms with Gasteiger partial charge < -0.3 is 19.1 Å². The van der Waals surface area contributed by atoms with Gasteiger partial charge in [-0.1, -0.05) is 56.6 Å². The van der Waals surface area contributed by atoms with Crippen molar-refractivity contribution in [3.05, 3.63) is 107 Å². The molecule has 3 aliphatic rings. The Kier molecular flexibility index (Phi) is 12.0. The molecule has 5 aromatic rings. The van der Waals surface area contributed by atoms with Crippen molar-refractivity contribution in [2.75, 3.05) is 13.7 Å². The number of aromatic nitrogens is 2.